The Morgan fingerprint density at radius 1 is 1.26 bits per heavy atom. The highest BCUT2D eigenvalue weighted by Crippen LogP contribution is 2.19. The molecule has 5 nitrogen and oxygen atoms in total. The highest BCUT2D eigenvalue weighted by molar-refractivity contribution is 5.79. The molecule has 0 heterocycles. The van der Waals surface area contributed by atoms with Crippen molar-refractivity contribution in [3.63, 3.8) is 0 Å². The first-order chi connectivity index (χ1) is 10.6. The van der Waals surface area contributed by atoms with Crippen LogP contribution in [-0.4, -0.2) is 40.5 Å². The predicted octanol–water partition coefficient (Wildman–Crippen LogP) is 2.18. The van der Waals surface area contributed by atoms with E-state index in [4.69, 9.17) is 0 Å². The molecular formula is C18H28N2O3. The molecule has 2 amide bonds. The highest BCUT2D eigenvalue weighted by atomic mass is 16.3. The van der Waals surface area contributed by atoms with E-state index in [1.54, 1.807) is 18.7 Å². The van der Waals surface area contributed by atoms with Crippen molar-refractivity contribution >= 4 is 11.8 Å². The molecule has 128 valence electrons. The first kappa shape index (κ1) is 19.2. The van der Waals surface area contributed by atoms with Crippen molar-refractivity contribution in [3.05, 3.63) is 35.4 Å². The molecule has 0 aliphatic rings. The number of aliphatic hydroxyl groups is 1. The number of amides is 2. The SMILES string of the molecule is CCN(CC(C)(C)O)C(=O)CC(NC(C)=O)c1ccc(C)cc1. The van der Waals surface area contributed by atoms with Crippen LogP contribution in [0.25, 0.3) is 0 Å². The Hall–Kier alpha value is -1.88. The molecule has 0 saturated heterocycles. The number of hydrogen-bond donors (Lipinski definition) is 2. The third kappa shape index (κ3) is 6.82. The molecule has 1 atom stereocenters. The minimum absolute atomic E-state index is 0.0889. The van der Waals surface area contributed by atoms with Gasteiger partial charge in [0.05, 0.1) is 18.1 Å². The second-order valence-electron chi connectivity index (χ2n) is 6.59. The smallest absolute Gasteiger partial charge is 0.225 e. The molecule has 0 aliphatic heterocycles. The lowest BCUT2D eigenvalue weighted by Gasteiger charge is -2.29. The topological polar surface area (TPSA) is 69.6 Å². The minimum atomic E-state index is -0.945. The Bertz CT molecular complexity index is 532. The van der Waals surface area contributed by atoms with Crippen LogP contribution in [0.15, 0.2) is 24.3 Å². The zero-order chi connectivity index (χ0) is 17.6. The van der Waals surface area contributed by atoms with Gasteiger partial charge in [0.25, 0.3) is 0 Å². The fraction of sp³-hybridized carbons (Fsp3) is 0.556. The van der Waals surface area contributed by atoms with Crippen molar-refractivity contribution < 1.29 is 14.7 Å². The summed E-state index contributed by atoms with van der Waals surface area (Å²) in [6.45, 7) is 9.45. The molecule has 0 spiro atoms. The molecule has 0 aliphatic carbocycles. The summed E-state index contributed by atoms with van der Waals surface area (Å²) in [4.78, 5) is 25.6. The molecule has 2 N–H and O–H groups in total. The Morgan fingerprint density at radius 2 is 1.83 bits per heavy atom. The largest absolute Gasteiger partial charge is 0.389 e. The lowest BCUT2D eigenvalue weighted by molar-refractivity contribution is -0.134. The van der Waals surface area contributed by atoms with Gasteiger partial charge in [-0.2, -0.15) is 0 Å². The molecule has 1 unspecified atom stereocenters. The second kappa shape index (κ2) is 8.11. The molecule has 0 fully saturated rings. The fourth-order valence-corrected chi connectivity index (χ4v) is 2.44. The summed E-state index contributed by atoms with van der Waals surface area (Å²) < 4.78 is 0. The summed E-state index contributed by atoms with van der Waals surface area (Å²) in [6, 6.07) is 7.41. The molecule has 0 saturated carbocycles. The van der Waals surface area contributed by atoms with Gasteiger partial charge >= 0.3 is 0 Å². The van der Waals surface area contributed by atoms with E-state index < -0.39 is 5.60 Å². The molecule has 0 aromatic heterocycles. The monoisotopic (exact) mass is 320 g/mol. The molecule has 0 bridgehead atoms. The van der Waals surface area contributed by atoms with Crippen LogP contribution in [0.1, 0.15) is 51.3 Å². The lowest BCUT2D eigenvalue weighted by atomic mass is 10.0. The first-order valence-corrected chi connectivity index (χ1v) is 7.96. The van der Waals surface area contributed by atoms with Crippen LogP contribution in [0.4, 0.5) is 0 Å². The van der Waals surface area contributed by atoms with E-state index in [1.807, 2.05) is 38.1 Å². The fourth-order valence-electron chi connectivity index (χ4n) is 2.44. The van der Waals surface area contributed by atoms with Crippen molar-refractivity contribution in [2.45, 2.75) is 52.7 Å². The van der Waals surface area contributed by atoms with Crippen molar-refractivity contribution in [1.29, 1.82) is 0 Å². The summed E-state index contributed by atoms with van der Waals surface area (Å²) >= 11 is 0. The summed E-state index contributed by atoms with van der Waals surface area (Å²) in [5.41, 5.74) is 1.08. The van der Waals surface area contributed by atoms with Gasteiger partial charge in [-0.1, -0.05) is 29.8 Å². The molecule has 0 radical (unpaired) electrons. The van der Waals surface area contributed by atoms with E-state index in [1.165, 1.54) is 6.92 Å². The van der Waals surface area contributed by atoms with Crippen molar-refractivity contribution in [1.82, 2.24) is 10.2 Å². The van der Waals surface area contributed by atoms with Gasteiger partial charge in [-0.25, -0.2) is 0 Å². The van der Waals surface area contributed by atoms with E-state index in [-0.39, 0.29) is 30.8 Å². The van der Waals surface area contributed by atoms with Crippen molar-refractivity contribution in [3.8, 4) is 0 Å². The standard InChI is InChI=1S/C18H28N2O3/c1-6-20(12-18(4,5)23)17(22)11-16(19-14(3)21)15-9-7-13(2)8-10-15/h7-10,16,23H,6,11-12H2,1-5H3,(H,19,21). The van der Waals surface area contributed by atoms with E-state index >= 15 is 0 Å². The van der Waals surface area contributed by atoms with Crippen LogP contribution in [0, 0.1) is 6.92 Å². The van der Waals surface area contributed by atoms with Gasteiger partial charge in [0.15, 0.2) is 0 Å². The third-order valence-electron chi connectivity index (χ3n) is 3.55. The zero-order valence-corrected chi connectivity index (χ0v) is 14.7. The Balaban J connectivity index is 2.89. The number of likely N-dealkylation sites (N-methyl/N-ethyl adjacent to an activating group) is 1. The Morgan fingerprint density at radius 3 is 2.26 bits per heavy atom. The molecule has 1 aromatic rings. The summed E-state index contributed by atoms with van der Waals surface area (Å²) in [6.07, 6.45) is 0.173. The quantitative estimate of drug-likeness (QED) is 0.809. The van der Waals surface area contributed by atoms with Crippen LogP contribution < -0.4 is 5.32 Å². The minimum Gasteiger partial charge on any atom is -0.389 e. The van der Waals surface area contributed by atoms with Crippen LogP contribution in [-0.2, 0) is 9.59 Å². The normalized spacial score (nSPS) is 12.6. The van der Waals surface area contributed by atoms with Gasteiger partial charge in [0.2, 0.25) is 11.8 Å². The first-order valence-electron chi connectivity index (χ1n) is 7.96. The van der Waals surface area contributed by atoms with E-state index in [9.17, 15) is 14.7 Å². The summed E-state index contributed by atoms with van der Waals surface area (Å²) in [5, 5.41) is 12.8. The van der Waals surface area contributed by atoms with E-state index in [0.717, 1.165) is 11.1 Å². The Labute approximate surface area is 138 Å². The van der Waals surface area contributed by atoms with Gasteiger partial charge in [-0.15, -0.1) is 0 Å². The van der Waals surface area contributed by atoms with Crippen LogP contribution >= 0.6 is 0 Å². The maximum atomic E-state index is 12.5. The number of aryl methyl sites for hydroxylation is 1. The third-order valence-corrected chi connectivity index (χ3v) is 3.55. The second-order valence-corrected chi connectivity index (χ2v) is 6.59. The molecule has 1 aromatic carbocycles. The highest BCUT2D eigenvalue weighted by Gasteiger charge is 2.24. The number of rotatable bonds is 7. The van der Waals surface area contributed by atoms with Gasteiger partial charge in [0, 0.05) is 20.0 Å². The number of hydrogen-bond acceptors (Lipinski definition) is 3. The maximum Gasteiger partial charge on any atom is 0.225 e. The molecule has 5 heteroatoms. The van der Waals surface area contributed by atoms with Crippen LogP contribution in [0.2, 0.25) is 0 Å². The van der Waals surface area contributed by atoms with Crippen LogP contribution in [0.3, 0.4) is 0 Å². The lowest BCUT2D eigenvalue weighted by Crippen LogP contribution is -2.43. The van der Waals surface area contributed by atoms with Crippen molar-refractivity contribution in [2.24, 2.45) is 0 Å². The van der Waals surface area contributed by atoms with E-state index in [2.05, 4.69) is 5.32 Å². The molecule has 23 heavy (non-hydrogen) atoms. The molecular weight excluding hydrogens is 292 g/mol. The van der Waals surface area contributed by atoms with E-state index in [0.29, 0.717) is 6.54 Å². The predicted molar refractivity (Wildman–Crippen MR) is 90.9 cm³/mol. The maximum absolute atomic E-state index is 12.5. The number of carbonyl (C=O) groups excluding carboxylic acids is 2. The average molecular weight is 320 g/mol. The summed E-state index contributed by atoms with van der Waals surface area (Å²) in [7, 11) is 0. The zero-order valence-electron chi connectivity index (χ0n) is 14.7. The number of benzene rings is 1. The van der Waals surface area contributed by atoms with Crippen LogP contribution in [0.5, 0.6) is 0 Å². The van der Waals surface area contributed by atoms with Gasteiger partial charge in [-0.3, -0.25) is 9.59 Å². The van der Waals surface area contributed by atoms with Crippen molar-refractivity contribution in [2.75, 3.05) is 13.1 Å². The molecule has 1 rings (SSSR count). The summed E-state index contributed by atoms with van der Waals surface area (Å²) in [5.74, 6) is -0.261. The van der Waals surface area contributed by atoms with Gasteiger partial charge in [0.1, 0.15) is 0 Å². The number of carbonyl (C=O) groups is 2. The Kier molecular flexibility index (Phi) is 6.76. The number of nitrogens with one attached hydrogen (secondary N) is 1. The number of nitrogens with zero attached hydrogens (tertiary/aromatic N) is 1. The van der Waals surface area contributed by atoms with Gasteiger partial charge in [-0.05, 0) is 33.3 Å². The average Bonchev–Trinajstić information content (AvgIpc) is 2.43. The van der Waals surface area contributed by atoms with Gasteiger partial charge < -0.3 is 15.3 Å².